The largest absolute Gasteiger partial charge is 0.456 e. The molecule has 3 heteroatoms. The molecule has 0 spiro atoms. The van der Waals surface area contributed by atoms with Crippen molar-refractivity contribution in [2.24, 2.45) is 0 Å². The summed E-state index contributed by atoms with van der Waals surface area (Å²) in [4.78, 5) is 0. The fourth-order valence-electron chi connectivity index (χ4n) is 4.79. The van der Waals surface area contributed by atoms with Crippen molar-refractivity contribution < 1.29 is 8.83 Å². The Kier molecular flexibility index (Phi) is 3.93. The summed E-state index contributed by atoms with van der Waals surface area (Å²) in [6.07, 6.45) is 0. The molecule has 7 aromatic rings. The number of rotatable bonds is 2. The number of fused-ring (bicyclic) bond motifs is 6. The zero-order valence-corrected chi connectivity index (χ0v) is 18.3. The number of halogens is 1. The van der Waals surface area contributed by atoms with E-state index in [1.165, 1.54) is 0 Å². The Labute approximate surface area is 194 Å². The molecule has 0 saturated heterocycles. The highest BCUT2D eigenvalue weighted by atomic mass is 35.5. The van der Waals surface area contributed by atoms with E-state index in [-0.39, 0.29) is 0 Å². The standard InChI is InChI=1S/C30H17ClO2/c31-25-14-13-21(30-29(25)23-9-2-4-11-27(23)33-30)20-7-5-6-18(16-20)19-12-15-28-24(17-19)22-8-1-3-10-26(22)32-28/h1-17H. The monoisotopic (exact) mass is 444 g/mol. The molecule has 156 valence electrons. The van der Waals surface area contributed by atoms with Crippen LogP contribution in [0.15, 0.2) is 112 Å². The van der Waals surface area contributed by atoms with Crippen LogP contribution >= 0.6 is 11.6 Å². The van der Waals surface area contributed by atoms with Gasteiger partial charge >= 0.3 is 0 Å². The Morgan fingerprint density at radius 1 is 0.485 bits per heavy atom. The average molecular weight is 445 g/mol. The molecule has 2 nitrogen and oxygen atoms in total. The molecule has 0 radical (unpaired) electrons. The molecule has 5 aromatic carbocycles. The fourth-order valence-corrected chi connectivity index (χ4v) is 5.04. The molecule has 0 bridgehead atoms. The van der Waals surface area contributed by atoms with Gasteiger partial charge in [0.25, 0.3) is 0 Å². The molecule has 0 aliphatic carbocycles. The van der Waals surface area contributed by atoms with Gasteiger partial charge < -0.3 is 8.83 Å². The van der Waals surface area contributed by atoms with E-state index in [4.69, 9.17) is 20.4 Å². The minimum Gasteiger partial charge on any atom is -0.456 e. The molecule has 33 heavy (non-hydrogen) atoms. The number of para-hydroxylation sites is 2. The normalized spacial score (nSPS) is 11.8. The molecular formula is C30H17ClO2. The Morgan fingerprint density at radius 2 is 1.18 bits per heavy atom. The van der Waals surface area contributed by atoms with Gasteiger partial charge in [0.15, 0.2) is 0 Å². The zero-order valence-electron chi connectivity index (χ0n) is 17.5. The summed E-state index contributed by atoms with van der Waals surface area (Å²) in [6.45, 7) is 0. The highest BCUT2D eigenvalue weighted by Crippen LogP contribution is 2.41. The Balaban J connectivity index is 1.42. The van der Waals surface area contributed by atoms with Gasteiger partial charge in [-0.1, -0.05) is 72.3 Å². The Hall–Kier alpha value is -4.01. The van der Waals surface area contributed by atoms with E-state index in [0.29, 0.717) is 5.02 Å². The molecular weight excluding hydrogens is 428 g/mol. The van der Waals surface area contributed by atoms with Crippen molar-refractivity contribution in [1.82, 2.24) is 0 Å². The maximum atomic E-state index is 6.59. The summed E-state index contributed by atoms with van der Waals surface area (Å²) in [6, 6.07) is 35.1. The van der Waals surface area contributed by atoms with Crippen molar-refractivity contribution in [2.75, 3.05) is 0 Å². The van der Waals surface area contributed by atoms with Crippen molar-refractivity contribution in [2.45, 2.75) is 0 Å². The summed E-state index contributed by atoms with van der Waals surface area (Å²) < 4.78 is 12.3. The van der Waals surface area contributed by atoms with Gasteiger partial charge in [-0.3, -0.25) is 0 Å². The zero-order chi connectivity index (χ0) is 21.9. The molecule has 7 rings (SSSR count). The Bertz CT molecular complexity index is 1840. The van der Waals surface area contributed by atoms with Gasteiger partial charge in [0.1, 0.15) is 22.3 Å². The number of hydrogen-bond donors (Lipinski definition) is 0. The van der Waals surface area contributed by atoms with Crippen molar-refractivity contribution in [1.29, 1.82) is 0 Å². The van der Waals surface area contributed by atoms with E-state index in [2.05, 4.69) is 54.6 Å². The second kappa shape index (κ2) is 6.99. The summed E-state index contributed by atoms with van der Waals surface area (Å²) in [5.74, 6) is 0. The second-order valence-corrected chi connectivity index (χ2v) is 8.69. The average Bonchev–Trinajstić information content (AvgIpc) is 3.43. The quantitative estimate of drug-likeness (QED) is 0.265. The van der Waals surface area contributed by atoms with Crippen LogP contribution in [0.1, 0.15) is 0 Å². The first kappa shape index (κ1) is 18.6. The van der Waals surface area contributed by atoms with Crippen molar-refractivity contribution >= 4 is 55.5 Å². The first-order valence-electron chi connectivity index (χ1n) is 10.9. The summed E-state index contributed by atoms with van der Waals surface area (Å²) in [5, 5.41) is 4.95. The number of benzene rings is 5. The molecule has 0 N–H and O–H groups in total. The van der Waals surface area contributed by atoms with Gasteiger partial charge in [0.05, 0.1) is 5.02 Å². The van der Waals surface area contributed by atoms with Gasteiger partial charge in [-0.05, 0) is 59.2 Å². The third-order valence-corrected chi connectivity index (χ3v) is 6.67. The molecule has 2 heterocycles. The lowest BCUT2D eigenvalue weighted by Crippen LogP contribution is -1.83. The first-order valence-corrected chi connectivity index (χ1v) is 11.3. The lowest BCUT2D eigenvalue weighted by Gasteiger charge is -2.08. The van der Waals surface area contributed by atoms with Gasteiger partial charge in [-0.15, -0.1) is 0 Å². The van der Waals surface area contributed by atoms with Crippen LogP contribution in [0.2, 0.25) is 5.02 Å². The van der Waals surface area contributed by atoms with Crippen LogP contribution in [-0.2, 0) is 0 Å². The third-order valence-electron chi connectivity index (χ3n) is 6.36. The molecule has 0 aliphatic heterocycles. The molecule has 0 fully saturated rings. The van der Waals surface area contributed by atoms with Gasteiger partial charge in [-0.2, -0.15) is 0 Å². The predicted molar refractivity (Wildman–Crippen MR) is 137 cm³/mol. The molecule has 0 saturated carbocycles. The van der Waals surface area contributed by atoms with Crippen LogP contribution in [0.4, 0.5) is 0 Å². The van der Waals surface area contributed by atoms with Crippen molar-refractivity contribution in [3.8, 4) is 22.3 Å². The lowest BCUT2D eigenvalue weighted by atomic mass is 9.97. The highest BCUT2D eigenvalue weighted by molar-refractivity contribution is 6.38. The maximum Gasteiger partial charge on any atom is 0.144 e. The highest BCUT2D eigenvalue weighted by Gasteiger charge is 2.16. The smallest absolute Gasteiger partial charge is 0.144 e. The second-order valence-electron chi connectivity index (χ2n) is 8.29. The van der Waals surface area contributed by atoms with E-state index in [9.17, 15) is 0 Å². The van der Waals surface area contributed by atoms with Crippen LogP contribution < -0.4 is 0 Å². The van der Waals surface area contributed by atoms with E-state index < -0.39 is 0 Å². The van der Waals surface area contributed by atoms with Crippen LogP contribution in [-0.4, -0.2) is 0 Å². The molecule has 0 atom stereocenters. The fraction of sp³-hybridized carbons (Fsp3) is 0. The van der Waals surface area contributed by atoms with Gasteiger partial charge in [-0.25, -0.2) is 0 Å². The van der Waals surface area contributed by atoms with E-state index in [0.717, 1.165) is 66.1 Å². The number of hydrogen-bond acceptors (Lipinski definition) is 2. The lowest BCUT2D eigenvalue weighted by molar-refractivity contribution is 0.669. The van der Waals surface area contributed by atoms with Gasteiger partial charge in [0, 0.05) is 27.1 Å². The van der Waals surface area contributed by atoms with Crippen LogP contribution in [0.3, 0.4) is 0 Å². The predicted octanol–water partition coefficient (Wildman–Crippen LogP) is 9.47. The van der Waals surface area contributed by atoms with E-state index >= 15 is 0 Å². The maximum absolute atomic E-state index is 6.59. The van der Waals surface area contributed by atoms with E-state index in [1.807, 2.05) is 48.5 Å². The number of furan rings is 2. The van der Waals surface area contributed by atoms with Crippen LogP contribution in [0, 0.1) is 0 Å². The molecule has 2 aromatic heterocycles. The SMILES string of the molecule is Clc1ccc(-c2cccc(-c3ccc4oc5ccccc5c4c3)c2)c2oc3ccccc3c12. The van der Waals surface area contributed by atoms with Gasteiger partial charge in [0.2, 0.25) is 0 Å². The van der Waals surface area contributed by atoms with Crippen molar-refractivity contribution in [3.05, 3.63) is 108 Å². The minimum atomic E-state index is 0.701. The first-order chi connectivity index (χ1) is 16.3. The molecule has 0 amide bonds. The summed E-state index contributed by atoms with van der Waals surface area (Å²) in [7, 11) is 0. The van der Waals surface area contributed by atoms with Crippen LogP contribution in [0.25, 0.3) is 66.1 Å². The topological polar surface area (TPSA) is 26.3 Å². The summed E-state index contributed by atoms with van der Waals surface area (Å²) in [5.41, 5.74) is 7.87. The van der Waals surface area contributed by atoms with Crippen LogP contribution in [0.5, 0.6) is 0 Å². The third kappa shape index (κ3) is 2.81. The molecule has 0 aliphatic rings. The summed E-state index contributed by atoms with van der Waals surface area (Å²) >= 11 is 6.59. The van der Waals surface area contributed by atoms with E-state index in [1.54, 1.807) is 0 Å². The Morgan fingerprint density at radius 3 is 2.06 bits per heavy atom. The van der Waals surface area contributed by atoms with Crippen molar-refractivity contribution in [3.63, 3.8) is 0 Å². The minimum absolute atomic E-state index is 0.701. The molecule has 0 unspecified atom stereocenters.